The fourth-order valence-corrected chi connectivity index (χ4v) is 4.23. The topological polar surface area (TPSA) is 91.3 Å². The monoisotopic (exact) mass is 510 g/mol. The SMILES string of the molecule is C=CC(=O)OCCCCCCOc1ccc(C(=O)Oc2ccc(OCC3CCC(CO)CC3)cc2)cc1. The molecule has 7 heteroatoms. The van der Waals surface area contributed by atoms with Crippen molar-refractivity contribution in [3.8, 4) is 17.2 Å². The molecule has 0 heterocycles. The van der Waals surface area contributed by atoms with Crippen molar-refractivity contribution in [1.29, 1.82) is 0 Å². The molecule has 0 spiro atoms. The van der Waals surface area contributed by atoms with Gasteiger partial charge in [-0.3, -0.25) is 0 Å². The Bertz CT molecular complexity index is 960. The summed E-state index contributed by atoms with van der Waals surface area (Å²) in [7, 11) is 0. The van der Waals surface area contributed by atoms with Crippen molar-refractivity contribution in [2.24, 2.45) is 11.8 Å². The van der Waals surface area contributed by atoms with E-state index in [-0.39, 0.29) is 12.6 Å². The lowest BCUT2D eigenvalue weighted by Crippen LogP contribution is -2.21. The Morgan fingerprint density at radius 3 is 2.00 bits per heavy atom. The van der Waals surface area contributed by atoms with E-state index in [0.29, 0.717) is 48.7 Å². The van der Waals surface area contributed by atoms with Crippen molar-refractivity contribution in [3.05, 3.63) is 66.7 Å². The number of benzene rings is 2. The average Bonchev–Trinajstić information content (AvgIpc) is 2.94. The lowest BCUT2D eigenvalue weighted by atomic mass is 9.83. The number of carbonyl (C=O) groups is 2. The van der Waals surface area contributed by atoms with Crippen LogP contribution >= 0.6 is 0 Å². The van der Waals surface area contributed by atoms with Crippen molar-refractivity contribution in [3.63, 3.8) is 0 Å². The van der Waals surface area contributed by atoms with Crippen LogP contribution in [-0.2, 0) is 9.53 Å². The van der Waals surface area contributed by atoms with E-state index >= 15 is 0 Å². The maximum atomic E-state index is 12.5. The second-order valence-electron chi connectivity index (χ2n) is 9.40. The van der Waals surface area contributed by atoms with Gasteiger partial charge in [0.25, 0.3) is 0 Å². The molecular formula is C30H38O7. The molecule has 0 radical (unpaired) electrons. The minimum Gasteiger partial charge on any atom is -0.494 e. The number of aliphatic hydroxyl groups excluding tert-OH is 1. The molecule has 0 amide bonds. The smallest absolute Gasteiger partial charge is 0.343 e. The molecule has 1 saturated carbocycles. The van der Waals surface area contributed by atoms with Crippen LogP contribution in [0.5, 0.6) is 17.2 Å². The Hall–Kier alpha value is -3.32. The molecule has 1 N–H and O–H groups in total. The number of ether oxygens (including phenoxy) is 4. The molecule has 1 aliphatic carbocycles. The van der Waals surface area contributed by atoms with Gasteiger partial charge in [-0.15, -0.1) is 0 Å². The summed E-state index contributed by atoms with van der Waals surface area (Å²) in [6.07, 6.45) is 9.10. The van der Waals surface area contributed by atoms with Gasteiger partial charge in [0.05, 0.1) is 25.4 Å². The first-order valence-corrected chi connectivity index (χ1v) is 13.2. The van der Waals surface area contributed by atoms with Crippen molar-refractivity contribution in [2.45, 2.75) is 51.4 Å². The van der Waals surface area contributed by atoms with Crippen LogP contribution in [0.1, 0.15) is 61.7 Å². The summed E-state index contributed by atoms with van der Waals surface area (Å²) in [4.78, 5) is 23.4. The maximum absolute atomic E-state index is 12.5. The highest BCUT2D eigenvalue weighted by molar-refractivity contribution is 5.91. The molecule has 0 atom stereocenters. The highest BCUT2D eigenvalue weighted by atomic mass is 16.5. The molecule has 0 aromatic heterocycles. The van der Waals surface area contributed by atoms with Gasteiger partial charge >= 0.3 is 11.9 Å². The predicted octanol–water partition coefficient (Wildman–Crippen LogP) is 5.75. The fourth-order valence-electron chi connectivity index (χ4n) is 4.23. The molecule has 2 aromatic carbocycles. The first kappa shape index (κ1) is 28.3. The second-order valence-corrected chi connectivity index (χ2v) is 9.40. The van der Waals surface area contributed by atoms with E-state index in [1.54, 1.807) is 36.4 Å². The van der Waals surface area contributed by atoms with Crippen LogP contribution in [0.3, 0.4) is 0 Å². The third-order valence-corrected chi connectivity index (χ3v) is 6.55. The molecule has 0 saturated heterocycles. The van der Waals surface area contributed by atoms with Crippen LogP contribution in [0.4, 0.5) is 0 Å². The first-order valence-electron chi connectivity index (χ1n) is 13.2. The number of hydrogen-bond donors (Lipinski definition) is 1. The Balaban J connectivity index is 1.31. The third-order valence-electron chi connectivity index (χ3n) is 6.55. The molecule has 3 rings (SSSR count). The Labute approximate surface area is 219 Å². The van der Waals surface area contributed by atoms with Crippen LogP contribution in [0.25, 0.3) is 0 Å². The number of aliphatic hydroxyl groups is 1. The first-order chi connectivity index (χ1) is 18.1. The summed E-state index contributed by atoms with van der Waals surface area (Å²) in [6.45, 7) is 5.30. The zero-order chi connectivity index (χ0) is 26.3. The van der Waals surface area contributed by atoms with Crippen molar-refractivity contribution < 1.29 is 33.6 Å². The van der Waals surface area contributed by atoms with E-state index in [0.717, 1.165) is 57.1 Å². The van der Waals surface area contributed by atoms with Gasteiger partial charge in [-0.1, -0.05) is 6.58 Å². The molecule has 0 unspecified atom stereocenters. The normalized spacial score (nSPS) is 17.0. The summed E-state index contributed by atoms with van der Waals surface area (Å²) >= 11 is 0. The standard InChI is InChI=1S/C30H38O7/c1-2-29(32)35-20-6-4-3-5-19-34-26-13-11-25(12-14-26)30(33)37-28-17-15-27(16-18-28)36-22-24-9-7-23(21-31)8-10-24/h2,11-18,23-24,31H,1,3-10,19-22H2. The summed E-state index contributed by atoms with van der Waals surface area (Å²) in [5.41, 5.74) is 0.445. The molecule has 1 fully saturated rings. The largest absolute Gasteiger partial charge is 0.494 e. The van der Waals surface area contributed by atoms with Gasteiger partial charge in [0, 0.05) is 12.7 Å². The Kier molecular flexibility index (Phi) is 12.0. The van der Waals surface area contributed by atoms with Crippen LogP contribution in [0.15, 0.2) is 61.2 Å². The van der Waals surface area contributed by atoms with Gasteiger partial charge in [0.1, 0.15) is 17.2 Å². The average molecular weight is 511 g/mol. The molecule has 0 aliphatic heterocycles. The lowest BCUT2D eigenvalue weighted by Gasteiger charge is -2.27. The summed E-state index contributed by atoms with van der Waals surface area (Å²) in [5, 5.41) is 9.26. The Morgan fingerprint density at radius 1 is 0.784 bits per heavy atom. The molecular weight excluding hydrogens is 472 g/mol. The summed E-state index contributed by atoms with van der Waals surface area (Å²) in [5.74, 6) is 2.05. The molecule has 37 heavy (non-hydrogen) atoms. The zero-order valence-corrected chi connectivity index (χ0v) is 21.4. The Morgan fingerprint density at radius 2 is 1.35 bits per heavy atom. The van der Waals surface area contributed by atoms with Gasteiger partial charge in [-0.25, -0.2) is 9.59 Å². The second kappa shape index (κ2) is 15.7. The highest BCUT2D eigenvalue weighted by Crippen LogP contribution is 2.29. The predicted molar refractivity (Wildman–Crippen MR) is 141 cm³/mol. The molecule has 200 valence electrons. The minimum absolute atomic E-state index is 0.284. The third kappa shape index (κ3) is 10.3. The van der Waals surface area contributed by atoms with Gasteiger partial charge in [-0.05, 0) is 112 Å². The van der Waals surface area contributed by atoms with Crippen molar-refractivity contribution in [1.82, 2.24) is 0 Å². The molecule has 0 bridgehead atoms. The van der Waals surface area contributed by atoms with E-state index in [9.17, 15) is 14.7 Å². The van der Waals surface area contributed by atoms with E-state index in [1.807, 2.05) is 12.1 Å². The van der Waals surface area contributed by atoms with E-state index < -0.39 is 5.97 Å². The fraction of sp³-hybridized carbons (Fsp3) is 0.467. The number of carbonyl (C=O) groups excluding carboxylic acids is 2. The number of rotatable bonds is 15. The van der Waals surface area contributed by atoms with Crippen LogP contribution in [0, 0.1) is 11.8 Å². The highest BCUT2D eigenvalue weighted by Gasteiger charge is 2.21. The number of unbranched alkanes of at least 4 members (excludes halogenated alkanes) is 3. The molecule has 1 aliphatic rings. The van der Waals surface area contributed by atoms with E-state index in [2.05, 4.69) is 6.58 Å². The maximum Gasteiger partial charge on any atom is 0.343 e. The minimum atomic E-state index is -0.432. The van der Waals surface area contributed by atoms with Gasteiger partial charge in [-0.2, -0.15) is 0 Å². The van der Waals surface area contributed by atoms with E-state index in [1.165, 1.54) is 6.08 Å². The van der Waals surface area contributed by atoms with Crippen LogP contribution in [-0.4, -0.2) is 43.5 Å². The van der Waals surface area contributed by atoms with Gasteiger partial charge < -0.3 is 24.1 Å². The van der Waals surface area contributed by atoms with Crippen LogP contribution in [0.2, 0.25) is 0 Å². The van der Waals surface area contributed by atoms with Crippen molar-refractivity contribution in [2.75, 3.05) is 26.4 Å². The molecule has 7 nitrogen and oxygen atoms in total. The summed E-state index contributed by atoms with van der Waals surface area (Å²) in [6, 6.07) is 14.0. The van der Waals surface area contributed by atoms with Gasteiger partial charge in [0.15, 0.2) is 0 Å². The summed E-state index contributed by atoms with van der Waals surface area (Å²) < 4.78 is 22.1. The van der Waals surface area contributed by atoms with Crippen LogP contribution < -0.4 is 14.2 Å². The quantitative estimate of drug-likeness (QED) is 0.141. The number of hydrogen-bond acceptors (Lipinski definition) is 7. The van der Waals surface area contributed by atoms with E-state index in [4.69, 9.17) is 18.9 Å². The zero-order valence-electron chi connectivity index (χ0n) is 21.4. The number of esters is 2. The van der Waals surface area contributed by atoms with Crippen molar-refractivity contribution >= 4 is 11.9 Å². The molecule has 2 aromatic rings. The van der Waals surface area contributed by atoms with Gasteiger partial charge in [0.2, 0.25) is 0 Å². The lowest BCUT2D eigenvalue weighted by molar-refractivity contribution is -0.137.